The van der Waals surface area contributed by atoms with Crippen LogP contribution in [-0.4, -0.2) is 89.8 Å². The summed E-state index contributed by atoms with van der Waals surface area (Å²) in [5.41, 5.74) is 1.54. The van der Waals surface area contributed by atoms with E-state index in [9.17, 15) is 24.9 Å². The first-order chi connectivity index (χ1) is 18.3. The molecule has 10 heteroatoms. The molecule has 1 aromatic carbocycles. The van der Waals surface area contributed by atoms with Crippen molar-refractivity contribution in [1.82, 2.24) is 10.2 Å². The number of aliphatic hydroxyl groups is 3. The molecule has 0 radical (unpaired) electrons. The van der Waals surface area contributed by atoms with Crippen molar-refractivity contribution in [3.63, 3.8) is 0 Å². The average molecular weight is 535 g/mol. The number of nitrogens with one attached hydrogen (secondary N) is 1. The summed E-state index contributed by atoms with van der Waals surface area (Å²) in [5, 5.41) is 33.4. The minimum Gasteiger partial charge on any atom is -0.493 e. The summed E-state index contributed by atoms with van der Waals surface area (Å²) in [6.07, 6.45) is 2.20. The number of hydrogen-bond donors (Lipinski definition) is 4. The van der Waals surface area contributed by atoms with Crippen molar-refractivity contribution in [2.75, 3.05) is 33.4 Å². The molecule has 0 unspecified atom stereocenters. The van der Waals surface area contributed by atoms with Crippen LogP contribution in [-0.2, 0) is 20.9 Å². The largest absolute Gasteiger partial charge is 0.493 e. The third-order valence-electron chi connectivity index (χ3n) is 6.91. The molecule has 2 amide bonds. The van der Waals surface area contributed by atoms with Crippen LogP contribution in [0.1, 0.15) is 63.5 Å². The van der Waals surface area contributed by atoms with Crippen LogP contribution in [0.3, 0.4) is 0 Å². The van der Waals surface area contributed by atoms with Gasteiger partial charge in [-0.25, -0.2) is 0 Å². The van der Waals surface area contributed by atoms with Crippen molar-refractivity contribution >= 4 is 11.8 Å². The molecule has 0 spiro atoms. The first kappa shape index (κ1) is 29.9. The van der Waals surface area contributed by atoms with Gasteiger partial charge < -0.3 is 39.7 Å². The van der Waals surface area contributed by atoms with Crippen LogP contribution in [0.25, 0.3) is 0 Å². The monoisotopic (exact) mass is 534 g/mol. The van der Waals surface area contributed by atoms with E-state index in [1.165, 1.54) is 7.11 Å². The number of fused-ring (bicyclic) bond motifs is 3. The number of aliphatic hydroxyl groups excluding tert-OH is 3. The molecule has 1 aliphatic heterocycles. The number of unbranched alkanes of at least 4 members (excludes halogenated alkanes) is 1. The minimum absolute atomic E-state index is 0.0557. The topological polar surface area (TPSA) is 138 Å². The molecule has 3 rings (SSSR count). The van der Waals surface area contributed by atoms with E-state index >= 15 is 0 Å². The maximum Gasteiger partial charge on any atom is 0.247 e. The van der Waals surface area contributed by atoms with Gasteiger partial charge in [0.2, 0.25) is 11.8 Å². The quantitative estimate of drug-likeness (QED) is 0.265. The SMILES string of the molecule is CCCCC(=O)N(CCCOC(C)C)[C@@H]1C=C(C(=O)NCCO)[C@@H]2c3cc(CO)cc(OC)c3O[C@@H]2[C@H]1O. The first-order valence-corrected chi connectivity index (χ1v) is 13.5. The summed E-state index contributed by atoms with van der Waals surface area (Å²) >= 11 is 0. The third-order valence-corrected chi connectivity index (χ3v) is 6.91. The van der Waals surface area contributed by atoms with Crippen LogP contribution >= 0.6 is 0 Å². The Bertz CT molecular complexity index is 995. The van der Waals surface area contributed by atoms with Crippen molar-refractivity contribution < 1.29 is 39.1 Å². The number of methoxy groups -OCH3 is 1. The van der Waals surface area contributed by atoms with Crippen LogP contribution in [0.5, 0.6) is 11.5 Å². The molecule has 0 fully saturated rings. The highest BCUT2D eigenvalue weighted by atomic mass is 16.5. The molecule has 0 saturated carbocycles. The Morgan fingerprint density at radius 1 is 1.21 bits per heavy atom. The average Bonchev–Trinajstić information content (AvgIpc) is 3.30. The molecule has 0 saturated heterocycles. The summed E-state index contributed by atoms with van der Waals surface area (Å²) < 4.78 is 17.4. The Labute approximate surface area is 224 Å². The van der Waals surface area contributed by atoms with Gasteiger partial charge in [0.15, 0.2) is 11.5 Å². The van der Waals surface area contributed by atoms with E-state index in [0.29, 0.717) is 60.6 Å². The standard InChI is InChI=1S/C28H42N2O8/c1-5-6-8-23(33)30(10-7-12-37-17(2)3)21-15-20(28(35)29-9-11-31)24-19-13-18(16-32)14-22(36-4)26(19)38-27(24)25(21)34/h13-15,17,21,24-25,27,31-32,34H,5-12,16H2,1-4H3,(H,29,35)/t21-,24+,25+,27+/m1/s1. The highest BCUT2D eigenvalue weighted by Crippen LogP contribution is 2.51. The van der Waals surface area contributed by atoms with Crippen molar-refractivity contribution in [2.45, 2.75) is 83.3 Å². The third kappa shape index (κ3) is 6.66. The van der Waals surface area contributed by atoms with E-state index in [-0.39, 0.29) is 31.8 Å². The van der Waals surface area contributed by atoms with Gasteiger partial charge in [-0.2, -0.15) is 0 Å². The lowest BCUT2D eigenvalue weighted by molar-refractivity contribution is -0.137. The Hall–Kier alpha value is -2.66. The number of amides is 2. The van der Waals surface area contributed by atoms with E-state index in [1.807, 2.05) is 20.8 Å². The number of hydrogen-bond acceptors (Lipinski definition) is 8. The molecule has 0 aromatic heterocycles. The van der Waals surface area contributed by atoms with Crippen LogP contribution < -0.4 is 14.8 Å². The van der Waals surface area contributed by atoms with Gasteiger partial charge >= 0.3 is 0 Å². The lowest BCUT2D eigenvalue weighted by Crippen LogP contribution is -2.56. The zero-order valence-corrected chi connectivity index (χ0v) is 22.8. The van der Waals surface area contributed by atoms with Gasteiger partial charge in [-0.15, -0.1) is 0 Å². The van der Waals surface area contributed by atoms with E-state index in [1.54, 1.807) is 23.1 Å². The fourth-order valence-corrected chi connectivity index (χ4v) is 5.08. The van der Waals surface area contributed by atoms with Crippen LogP contribution in [0, 0.1) is 0 Å². The van der Waals surface area contributed by atoms with Gasteiger partial charge in [0.1, 0.15) is 12.2 Å². The summed E-state index contributed by atoms with van der Waals surface area (Å²) in [6.45, 7) is 6.30. The van der Waals surface area contributed by atoms with Gasteiger partial charge in [0.05, 0.1) is 38.4 Å². The van der Waals surface area contributed by atoms with E-state index in [2.05, 4.69) is 5.32 Å². The maximum absolute atomic E-state index is 13.3. The lowest BCUT2D eigenvalue weighted by Gasteiger charge is -2.41. The normalized spacial score (nSPS) is 21.8. The van der Waals surface area contributed by atoms with E-state index in [0.717, 1.165) is 6.42 Å². The molecule has 1 aliphatic carbocycles. The molecule has 2 aliphatic rings. The van der Waals surface area contributed by atoms with Gasteiger partial charge in [-0.3, -0.25) is 9.59 Å². The smallest absolute Gasteiger partial charge is 0.247 e. The maximum atomic E-state index is 13.3. The Balaban J connectivity index is 2.03. The number of carbonyl (C=O) groups is 2. The summed E-state index contributed by atoms with van der Waals surface area (Å²) in [5.74, 6) is -0.385. The fraction of sp³-hybridized carbons (Fsp3) is 0.643. The van der Waals surface area contributed by atoms with E-state index in [4.69, 9.17) is 14.2 Å². The Morgan fingerprint density at radius 2 is 1.97 bits per heavy atom. The number of rotatable bonds is 14. The zero-order valence-electron chi connectivity index (χ0n) is 22.8. The zero-order chi connectivity index (χ0) is 27.8. The molecule has 4 N–H and O–H groups in total. The van der Waals surface area contributed by atoms with Crippen molar-refractivity contribution in [3.8, 4) is 11.5 Å². The molecule has 0 bridgehead atoms. The summed E-state index contributed by atoms with van der Waals surface area (Å²) in [7, 11) is 1.49. The predicted octanol–water partition coefficient (Wildman–Crippen LogP) is 1.64. The Morgan fingerprint density at radius 3 is 2.61 bits per heavy atom. The highest BCUT2D eigenvalue weighted by Gasteiger charge is 2.51. The highest BCUT2D eigenvalue weighted by molar-refractivity contribution is 5.96. The molecular weight excluding hydrogens is 492 g/mol. The number of nitrogens with zero attached hydrogens (tertiary/aromatic N) is 1. The van der Waals surface area contributed by atoms with Gasteiger partial charge in [-0.1, -0.05) is 13.3 Å². The van der Waals surface area contributed by atoms with Crippen molar-refractivity contribution in [1.29, 1.82) is 0 Å². The minimum atomic E-state index is -1.12. The van der Waals surface area contributed by atoms with Crippen LogP contribution in [0.15, 0.2) is 23.8 Å². The molecule has 212 valence electrons. The number of carbonyl (C=O) groups excluding carboxylic acids is 2. The summed E-state index contributed by atoms with van der Waals surface area (Å²) in [6, 6.07) is 2.60. The molecule has 4 atom stereocenters. The van der Waals surface area contributed by atoms with Crippen molar-refractivity contribution in [2.24, 2.45) is 0 Å². The second-order valence-corrected chi connectivity index (χ2v) is 9.98. The molecule has 1 aromatic rings. The van der Waals surface area contributed by atoms with Crippen molar-refractivity contribution in [3.05, 3.63) is 34.9 Å². The first-order valence-electron chi connectivity index (χ1n) is 13.5. The summed E-state index contributed by atoms with van der Waals surface area (Å²) in [4.78, 5) is 28.3. The molecule has 1 heterocycles. The molecule has 10 nitrogen and oxygen atoms in total. The van der Waals surface area contributed by atoms with E-state index < -0.39 is 30.1 Å². The van der Waals surface area contributed by atoms with Crippen LogP contribution in [0.4, 0.5) is 0 Å². The Kier molecular flexibility index (Phi) is 11.0. The predicted molar refractivity (Wildman–Crippen MR) is 141 cm³/mol. The number of benzene rings is 1. The lowest BCUT2D eigenvalue weighted by atomic mass is 9.77. The molecule has 38 heavy (non-hydrogen) atoms. The second-order valence-electron chi connectivity index (χ2n) is 9.98. The number of ether oxygens (including phenoxy) is 3. The van der Waals surface area contributed by atoms with Crippen LogP contribution in [0.2, 0.25) is 0 Å². The van der Waals surface area contributed by atoms with Gasteiger partial charge in [0, 0.05) is 37.3 Å². The fourth-order valence-electron chi connectivity index (χ4n) is 5.08. The van der Waals surface area contributed by atoms with Gasteiger partial charge in [0.25, 0.3) is 0 Å². The molecular formula is C28H42N2O8. The van der Waals surface area contributed by atoms with Gasteiger partial charge in [-0.05, 0) is 50.5 Å². The second kappa shape index (κ2) is 13.9.